The predicted molar refractivity (Wildman–Crippen MR) is 72.1 cm³/mol. The van der Waals surface area contributed by atoms with Crippen molar-refractivity contribution in [3.8, 4) is 0 Å². The van der Waals surface area contributed by atoms with Crippen LogP contribution >= 0.6 is 0 Å². The van der Waals surface area contributed by atoms with Crippen LogP contribution < -0.4 is 4.72 Å². The van der Waals surface area contributed by atoms with Crippen molar-refractivity contribution in [1.82, 2.24) is 9.55 Å². The van der Waals surface area contributed by atoms with Crippen LogP contribution in [0.2, 0.25) is 0 Å². The first-order valence-electron chi connectivity index (χ1n) is 5.91. The highest BCUT2D eigenvalue weighted by Gasteiger charge is 2.19. The number of nitrogens with zero attached hydrogens (tertiary/aromatic N) is 2. The molecule has 0 aliphatic rings. The van der Waals surface area contributed by atoms with Crippen molar-refractivity contribution in [2.24, 2.45) is 0 Å². The van der Waals surface area contributed by atoms with Gasteiger partial charge in [-0.15, -0.1) is 0 Å². The molecular weight excluding hydrogens is 301 g/mol. The van der Waals surface area contributed by atoms with Crippen LogP contribution in [0.15, 0.2) is 35.7 Å². The van der Waals surface area contributed by atoms with Crippen molar-refractivity contribution in [3.63, 3.8) is 0 Å². The first-order valence-corrected chi connectivity index (χ1v) is 7.39. The lowest BCUT2D eigenvalue weighted by Crippen LogP contribution is -2.14. The highest BCUT2D eigenvalue weighted by atomic mass is 32.2. The molecule has 0 saturated heterocycles. The van der Waals surface area contributed by atoms with Gasteiger partial charge < -0.3 is 9.67 Å². The normalized spacial score (nSPS) is 11.3. The van der Waals surface area contributed by atoms with Crippen molar-refractivity contribution in [2.45, 2.75) is 18.5 Å². The van der Waals surface area contributed by atoms with E-state index in [0.29, 0.717) is 6.54 Å². The molecule has 0 radical (unpaired) electrons. The Kier molecular flexibility index (Phi) is 3.94. The number of sulfonamides is 1. The summed E-state index contributed by atoms with van der Waals surface area (Å²) in [4.78, 5) is 14.6. The Morgan fingerprint density at radius 1 is 1.48 bits per heavy atom. The van der Waals surface area contributed by atoms with E-state index < -0.39 is 27.4 Å². The van der Waals surface area contributed by atoms with Crippen LogP contribution in [0.5, 0.6) is 0 Å². The predicted octanol–water partition coefficient (Wildman–Crippen LogP) is 1.54. The summed E-state index contributed by atoms with van der Waals surface area (Å²) in [6.07, 6.45) is 2.70. The fourth-order valence-electron chi connectivity index (χ4n) is 1.61. The van der Waals surface area contributed by atoms with Gasteiger partial charge in [0.25, 0.3) is 10.0 Å². The fourth-order valence-corrected chi connectivity index (χ4v) is 2.61. The molecule has 7 nitrogen and oxygen atoms in total. The molecule has 0 fully saturated rings. The van der Waals surface area contributed by atoms with E-state index in [1.807, 2.05) is 6.92 Å². The first-order chi connectivity index (χ1) is 9.83. The lowest BCUT2D eigenvalue weighted by atomic mass is 10.2. The molecule has 2 N–H and O–H groups in total. The first kappa shape index (κ1) is 15.0. The molecule has 2 aromatic rings. The molecule has 0 saturated carbocycles. The number of imidazole rings is 1. The van der Waals surface area contributed by atoms with Crippen molar-refractivity contribution in [1.29, 1.82) is 0 Å². The zero-order valence-corrected chi connectivity index (χ0v) is 11.8. The van der Waals surface area contributed by atoms with E-state index in [0.717, 1.165) is 18.2 Å². The van der Waals surface area contributed by atoms with Crippen LogP contribution in [0.4, 0.5) is 10.1 Å². The molecule has 2 rings (SSSR count). The van der Waals surface area contributed by atoms with Gasteiger partial charge in [0.15, 0.2) is 5.03 Å². The number of halogens is 1. The third kappa shape index (κ3) is 3.19. The van der Waals surface area contributed by atoms with Gasteiger partial charge >= 0.3 is 5.97 Å². The Bertz CT molecular complexity index is 786. The monoisotopic (exact) mass is 313 g/mol. The van der Waals surface area contributed by atoms with Crippen LogP contribution in [0, 0.1) is 5.82 Å². The molecule has 0 atom stereocenters. The smallest absolute Gasteiger partial charge is 0.338 e. The van der Waals surface area contributed by atoms with Gasteiger partial charge in [0.05, 0.1) is 11.9 Å². The number of hydrogen-bond donors (Lipinski definition) is 2. The minimum absolute atomic E-state index is 0.0557. The summed E-state index contributed by atoms with van der Waals surface area (Å²) < 4.78 is 41.1. The molecule has 0 spiro atoms. The summed E-state index contributed by atoms with van der Waals surface area (Å²) in [5.74, 6) is -2.43. The Morgan fingerprint density at radius 2 is 2.19 bits per heavy atom. The third-order valence-corrected chi connectivity index (χ3v) is 3.96. The van der Waals surface area contributed by atoms with Crippen LogP contribution in [-0.2, 0) is 16.6 Å². The van der Waals surface area contributed by atoms with Gasteiger partial charge in [-0.05, 0) is 25.1 Å². The number of aromatic carboxylic acids is 1. The van der Waals surface area contributed by atoms with Crippen molar-refractivity contribution >= 4 is 21.7 Å². The lowest BCUT2D eigenvalue weighted by molar-refractivity contribution is 0.0692. The van der Waals surface area contributed by atoms with Crippen LogP contribution in [0.3, 0.4) is 0 Å². The Balaban J connectivity index is 2.32. The minimum Gasteiger partial charge on any atom is -0.478 e. The summed E-state index contributed by atoms with van der Waals surface area (Å²) in [6, 6.07) is 2.92. The maximum atomic E-state index is 13.3. The molecule has 0 aliphatic heterocycles. The van der Waals surface area contributed by atoms with Crippen LogP contribution in [0.1, 0.15) is 17.3 Å². The molecule has 9 heteroatoms. The Hall–Kier alpha value is -2.42. The average Bonchev–Trinajstić information content (AvgIpc) is 2.90. The molecule has 112 valence electrons. The maximum Gasteiger partial charge on any atom is 0.338 e. The second kappa shape index (κ2) is 5.52. The second-order valence-corrected chi connectivity index (χ2v) is 5.78. The van der Waals surface area contributed by atoms with E-state index in [4.69, 9.17) is 5.11 Å². The number of rotatable bonds is 5. The molecular formula is C12H12FN3O4S. The zero-order valence-electron chi connectivity index (χ0n) is 10.9. The summed E-state index contributed by atoms with van der Waals surface area (Å²) in [6.45, 7) is 2.38. The van der Waals surface area contributed by atoms with E-state index in [1.165, 1.54) is 12.5 Å². The van der Waals surface area contributed by atoms with E-state index in [1.54, 1.807) is 4.57 Å². The maximum absolute atomic E-state index is 13.3. The SMILES string of the molecule is CCn1cnc(S(=O)(=O)Nc2ccc(F)c(C(=O)O)c2)c1. The van der Waals surface area contributed by atoms with Gasteiger partial charge in [-0.2, -0.15) is 8.42 Å². The Morgan fingerprint density at radius 3 is 2.76 bits per heavy atom. The molecule has 1 aromatic carbocycles. The van der Waals surface area contributed by atoms with E-state index >= 15 is 0 Å². The lowest BCUT2D eigenvalue weighted by Gasteiger charge is -2.07. The third-order valence-electron chi connectivity index (χ3n) is 2.70. The largest absolute Gasteiger partial charge is 0.478 e. The minimum atomic E-state index is -3.96. The summed E-state index contributed by atoms with van der Waals surface area (Å²) in [7, 11) is -3.96. The van der Waals surface area contributed by atoms with Gasteiger partial charge in [0.2, 0.25) is 0 Å². The number of nitrogens with one attached hydrogen (secondary N) is 1. The zero-order chi connectivity index (χ0) is 15.6. The van der Waals surface area contributed by atoms with Gasteiger partial charge in [0.1, 0.15) is 5.82 Å². The number of benzene rings is 1. The van der Waals surface area contributed by atoms with E-state index in [2.05, 4.69) is 9.71 Å². The topological polar surface area (TPSA) is 101 Å². The quantitative estimate of drug-likeness (QED) is 0.872. The Labute approximate surface area is 120 Å². The second-order valence-electron chi connectivity index (χ2n) is 4.15. The van der Waals surface area contributed by atoms with Gasteiger partial charge in [-0.1, -0.05) is 0 Å². The molecule has 0 bridgehead atoms. The number of aryl methyl sites for hydroxylation is 1. The van der Waals surface area contributed by atoms with Crippen molar-refractivity contribution < 1.29 is 22.7 Å². The number of carboxylic acid groups (broad SMARTS) is 1. The summed E-state index contributed by atoms with van der Waals surface area (Å²) in [5.41, 5.74) is -0.672. The molecule has 1 heterocycles. The van der Waals surface area contributed by atoms with E-state index in [9.17, 15) is 17.6 Å². The van der Waals surface area contributed by atoms with Gasteiger partial charge in [-0.25, -0.2) is 14.2 Å². The number of carboxylic acids is 1. The van der Waals surface area contributed by atoms with Crippen molar-refractivity contribution in [3.05, 3.63) is 42.1 Å². The summed E-state index contributed by atoms with van der Waals surface area (Å²) >= 11 is 0. The molecule has 0 unspecified atom stereocenters. The molecule has 21 heavy (non-hydrogen) atoms. The number of anilines is 1. The fraction of sp³-hybridized carbons (Fsp3) is 0.167. The number of carbonyl (C=O) groups is 1. The van der Waals surface area contributed by atoms with Crippen molar-refractivity contribution in [2.75, 3.05) is 4.72 Å². The molecule has 1 aromatic heterocycles. The number of hydrogen-bond acceptors (Lipinski definition) is 4. The molecule has 0 aliphatic carbocycles. The average molecular weight is 313 g/mol. The van der Waals surface area contributed by atoms with Crippen LogP contribution in [0.25, 0.3) is 0 Å². The highest BCUT2D eigenvalue weighted by molar-refractivity contribution is 7.92. The van der Waals surface area contributed by atoms with Gasteiger partial charge in [0, 0.05) is 18.4 Å². The molecule has 0 amide bonds. The standard InChI is InChI=1S/C12H12FN3O4S/c1-2-16-6-11(14-7-16)21(19,20)15-8-3-4-10(13)9(5-8)12(17)18/h3-7,15H,2H2,1H3,(H,17,18). The van der Waals surface area contributed by atoms with Gasteiger partial charge in [-0.3, -0.25) is 4.72 Å². The highest BCUT2D eigenvalue weighted by Crippen LogP contribution is 2.18. The van der Waals surface area contributed by atoms with E-state index in [-0.39, 0.29) is 10.7 Å². The summed E-state index contributed by atoms with van der Waals surface area (Å²) in [5, 5.41) is 8.60. The number of aromatic nitrogens is 2. The van der Waals surface area contributed by atoms with Crippen LogP contribution in [-0.4, -0.2) is 29.0 Å².